The van der Waals surface area contributed by atoms with Crippen molar-refractivity contribution in [1.29, 1.82) is 0 Å². The van der Waals surface area contributed by atoms with E-state index in [-0.39, 0.29) is 10.0 Å². The Labute approximate surface area is 124 Å². The Morgan fingerprint density at radius 2 is 2.00 bits per heavy atom. The highest BCUT2D eigenvalue weighted by Crippen LogP contribution is 2.24. The van der Waals surface area contributed by atoms with Gasteiger partial charge in [-0.2, -0.15) is 0 Å². The van der Waals surface area contributed by atoms with Crippen LogP contribution in [0.2, 0.25) is 5.15 Å². The molecule has 1 aromatic carbocycles. The Morgan fingerprint density at radius 1 is 1.26 bits per heavy atom. The molecule has 2 aromatic rings. The summed E-state index contributed by atoms with van der Waals surface area (Å²) < 4.78 is 27.2. The average molecular weight is 363 g/mol. The van der Waals surface area contributed by atoms with Gasteiger partial charge in [0.25, 0.3) is 10.0 Å². The molecule has 3 N–H and O–H groups in total. The zero-order chi connectivity index (χ0) is 14.0. The molecule has 0 amide bonds. The summed E-state index contributed by atoms with van der Waals surface area (Å²) in [4.78, 5) is 3.87. The van der Waals surface area contributed by atoms with Gasteiger partial charge in [-0.15, -0.1) is 0 Å². The zero-order valence-electron chi connectivity index (χ0n) is 9.47. The third kappa shape index (κ3) is 3.37. The number of rotatable bonds is 3. The minimum atomic E-state index is -3.70. The molecule has 8 heteroatoms. The molecule has 0 unspecified atom stereocenters. The number of nitrogen functional groups attached to an aromatic ring is 1. The third-order valence-electron chi connectivity index (χ3n) is 2.26. The molecule has 0 fully saturated rings. The highest BCUT2D eigenvalue weighted by Gasteiger charge is 2.15. The predicted molar refractivity (Wildman–Crippen MR) is 78.6 cm³/mol. The molecule has 0 radical (unpaired) electrons. The van der Waals surface area contributed by atoms with Crippen LogP contribution in [0.25, 0.3) is 0 Å². The van der Waals surface area contributed by atoms with Crippen LogP contribution in [-0.4, -0.2) is 13.4 Å². The number of anilines is 2. The molecular formula is C11H9BrClN3O2S. The van der Waals surface area contributed by atoms with Crippen LogP contribution in [0.3, 0.4) is 0 Å². The van der Waals surface area contributed by atoms with Crippen molar-refractivity contribution in [2.75, 3.05) is 10.5 Å². The van der Waals surface area contributed by atoms with Crippen LogP contribution in [-0.2, 0) is 10.0 Å². The van der Waals surface area contributed by atoms with E-state index in [9.17, 15) is 8.42 Å². The van der Waals surface area contributed by atoms with E-state index in [4.69, 9.17) is 17.3 Å². The van der Waals surface area contributed by atoms with Crippen LogP contribution >= 0.6 is 27.5 Å². The molecule has 0 aliphatic rings. The smallest absolute Gasteiger partial charge is 0.262 e. The maximum Gasteiger partial charge on any atom is 0.262 e. The average Bonchev–Trinajstić information content (AvgIpc) is 2.35. The van der Waals surface area contributed by atoms with E-state index in [1.54, 1.807) is 6.07 Å². The number of hydrogen-bond acceptors (Lipinski definition) is 4. The van der Waals surface area contributed by atoms with E-state index in [1.165, 1.54) is 30.5 Å². The number of pyridine rings is 1. The standard InChI is InChI=1S/C11H9BrClN3O2S/c12-9-3-2-8(5-10(9)14)19(17,18)16-7-1-4-11(13)15-6-7/h1-6,16H,14H2. The first-order chi connectivity index (χ1) is 8.88. The second-order valence-corrected chi connectivity index (χ2v) is 6.58. The van der Waals surface area contributed by atoms with Crippen molar-refractivity contribution < 1.29 is 8.42 Å². The van der Waals surface area contributed by atoms with Crippen LogP contribution in [0.1, 0.15) is 0 Å². The molecule has 1 aromatic heterocycles. The monoisotopic (exact) mass is 361 g/mol. The van der Waals surface area contributed by atoms with Gasteiger partial charge in [-0.25, -0.2) is 13.4 Å². The molecule has 0 saturated heterocycles. The Morgan fingerprint density at radius 3 is 2.58 bits per heavy atom. The first-order valence-electron chi connectivity index (χ1n) is 5.08. The molecule has 0 saturated carbocycles. The normalized spacial score (nSPS) is 11.3. The minimum Gasteiger partial charge on any atom is -0.398 e. The number of nitrogens with zero attached hydrogens (tertiary/aromatic N) is 1. The second kappa shape index (κ2) is 5.36. The van der Waals surface area contributed by atoms with E-state index in [1.807, 2.05) is 0 Å². The first-order valence-corrected chi connectivity index (χ1v) is 7.73. The Bertz CT molecular complexity index is 704. The lowest BCUT2D eigenvalue weighted by atomic mass is 10.3. The van der Waals surface area contributed by atoms with Gasteiger partial charge in [-0.1, -0.05) is 11.6 Å². The van der Waals surface area contributed by atoms with Gasteiger partial charge in [-0.05, 0) is 46.3 Å². The summed E-state index contributed by atoms with van der Waals surface area (Å²) in [5.41, 5.74) is 6.33. The molecule has 0 bridgehead atoms. The van der Waals surface area contributed by atoms with Gasteiger partial charge < -0.3 is 5.73 Å². The van der Waals surface area contributed by atoms with Crippen molar-refractivity contribution in [2.45, 2.75) is 4.90 Å². The number of aromatic nitrogens is 1. The summed E-state index contributed by atoms with van der Waals surface area (Å²) in [6.07, 6.45) is 1.34. The Kier molecular flexibility index (Phi) is 3.98. The van der Waals surface area contributed by atoms with Crippen molar-refractivity contribution in [1.82, 2.24) is 4.98 Å². The number of sulfonamides is 1. The predicted octanol–water partition coefficient (Wildman–Crippen LogP) is 2.88. The van der Waals surface area contributed by atoms with Crippen LogP contribution < -0.4 is 10.5 Å². The fourth-order valence-corrected chi connectivity index (χ4v) is 2.78. The molecular weight excluding hydrogens is 354 g/mol. The quantitative estimate of drug-likeness (QED) is 0.649. The summed E-state index contributed by atoms with van der Waals surface area (Å²) in [5, 5.41) is 0.288. The fourth-order valence-electron chi connectivity index (χ4n) is 1.34. The summed E-state index contributed by atoms with van der Waals surface area (Å²) in [5.74, 6) is 0. The van der Waals surface area contributed by atoms with Crippen LogP contribution in [0.4, 0.5) is 11.4 Å². The summed E-state index contributed by atoms with van der Waals surface area (Å²) in [6.45, 7) is 0. The van der Waals surface area contributed by atoms with Gasteiger partial charge in [0, 0.05) is 10.2 Å². The lowest BCUT2D eigenvalue weighted by Gasteiger charge is -2.08. The van der Waals surface area contributed by atoms with Gasteiger partial charge in [0.05, 0.1) is 16.8 Å². The fraction of sp³-hybridized carbons (Fsp3) is 0. The number of benzene rings is 1. The largest absolute Gasteiger partial charge is 0.398 e. The third-order valence-corrected chi connectivity index (χ3v) is 4.58. The molecule has 0 atom stereocenters. The van der Waals surface area contributed by atoms with E-state index >= 15 is 0 Å². The van der Waals surface area contributed by atoms with Crippen LogP contribution in [0.15, 0.2) is 45.9 Å². The Balaban J connectivity index is 2.32. The van der Waals surface area contributed by atoms with Gasteiger partial charge in [0.15, 0.2) is 0 Å². The SMILES string of the molecule is Nc1cc(S(=O)(=O)Nc2ccc(Cl)nc2)ccc1Br. The zero-order valence-corrected chi connectivity index (χ0v) is 12.6. The number of halogens is 2. The van der Waals surface area contributed by atoms with Crippen molar-refractivity contribution in [3.8, 4) is 0 Å². The van der Waals surface area contributed by atoms with Crippen LogP contribution in [0.5, 0.6) is 0 Å². The van der Waals surface area contributed by atoms with Gasteiger partial charge in [-0.3, -0.25) is 4.72 Å². The number of nitrogens with one attached hydrogen (secondary N) is 1. The van der Waals surface area contributed by atoms with Crippen molar-refractivity contribution >= 4 is 48.9 Å². The molecule has 2 rings (SSSR count). The van der Waals surface area contributed by atoms with Crippen molar-refractivity contribution in [3.63, 3.8) is 0 Å². The maximum absolute atomic E-state index is 12.1. The van der Waals surface area contributed by atoms with Crippen molar-refractivity contribution in [3.05, 3.63) is 46.2 Å². The minimum absolute atomic E-state index is 0.0724. The Hall–Kier alpha value is -1.31. The molecule has 19 heavy (non-hydrogen) atoms. The summed E-state index contributed by atoms with van der Waals surface area (Å²) in [7, 11) is -3.70. The van der Waals surface area contributed by atoms with E-state index < -0.39 is 10.0 Å². The van der Waals surface area contributed by atoms with E-state index in [0.29, 0.717) is 15.8 Å². The molecule has 100 valence electrons. The lowest BCUT2D eigenvalue weighted by molar-refractivity contribution is 0.601. The number of nitrogens with two attached hydrogens (primary N) is 1. The molecule has 0 spiro atoms. The summed E-state index contributed by atoms with van der Waals surface area (Å²) >= 11 is 8.83. The van der Waals surface area contributed by atoms with E-state index in [2.05, 4.69) is 25.6 Å². The topological polar surface area (TPSA) is 85.1 Å². The van der Waals surface area contributed by atoms with Gasteiger partial charge in [0.2, 0.25) is 0 Å². The summed E-state index contributed by atoms with van der Waals surface area (Å²) in [6, 6.07) is 7.41. The van der Waals surface area contributed by atoms with E-state index in [0.717, 1.165) is 0 Å². The van der Waals surface area contributed by atoms with Crippen LogP contribution in [0, 0.1) is 0 Å². The van der Waals surface area contributed by atoms with Gasteiger partial charge in [0.1, 0.15) is 5.15 Å². The highest BCUT2D eigenvalue weighted by molar-refractivity contribution is 9.10. The lowest BCUT2D eigenvalue weighted by Crippen LogP contribution is -2.13. The first kappa shape index (κ1) is 14.1. The second-order valence-electron chi connectivity index (χ2n) is 3.66. The molecule has 0 aliphatic carbocycles. The highest BCUT2D eigenvalue weighted by atomic mass is 79.9. The number of hydrogen-bond donors (Lipinski definition) is 2. The van der Waals surface area contributed by atoms with Crippen molar-refractivity contribution in [2.24, 2.45) is 0 Å². The van der Waals surface area contributed by atoms with Gasteiger partial charge >= 0.3 is 0 Å². The molecule has 5 nitrogen and oxygen atoms in total. The molecule has 0 aliphatic heterocycles. The molecule has 1 heterocycles. The maximum atomic E-state index is 12.1.